The molecular formula is C16H24ClN5O4S. The molecule has 1 atom stereocenters. The summed E-state index contributed by atoms with van der Waals surface area (Å²) < 4.78 is 32.8. The molecule has 2 aromatic rings. The lowest BCUT2D eigenvalue weighted by molar-refractivity contribution is -0.118. The van der Waals surface area contributed by atoms with E-state index in [0.717, 1.165) is 5.56 Å². The number of carbonyl (C=O) groups excluding carboxylic acids is 1. The van der Waals surface area contributed by atoms with Crippen molar-refractivity contribution in [1.82, 2.24) is 15.1 Å². The summed E-state index contributed by atoms with van der Waals surface area (Å²) in [6.45, 7) is 1.54. The maximum absolute atomic E-state index is 12.6. The second kappa shape index (κ2) is 9.58. The van der Waals surface area contributed by atoms with E-state index in [-0.39, 0.29) is 24.1 Å². The molecule has 0 saturated carbocycles. The molecule has 0 spiro atoms. The van der Waals surface area contributed by atoms with Crippen molar-refractivity contribution in [3.05, 3.63) is 36.2 Å². The van der Waals surface area contributed by atoms with Crippen LogP contribution in [-0.2, 0) is 21.9 Å². The normalized spacial score (nSPS) is 12.0. The largest absolute Gasteiger partial charge is 0.494 e. The molecular weight excluding hydrogens is 394 g/mol. The summed E-state index contributed by atoms with van der Waals surface area (Å²) in [5.41, 5.74) is 1.52. The van der Waals surface area contributed by atoms with E-state index in [1.807, 2.05) is 0 Å². The number of rotatable bonds is 8. The highest BCUT2D eigenvalue weighted by molar-refractivity contribution is 7.92. The van der Waals surface area contributed by atoms with E-state index in [1.54, 1.807) is 56.3 Å². The van der Waals surface area contributed by atoms with Crippen LogP contribution in [0.3, 0.4) is 0 Å². The molecule has 1 aromatic heterocycles. The van der Waals surface area contributed by atoms with E-state index in [9.17, 15) is 13.2 Å². The predicted molar refractivity (Wildman–Crippen MR) is 107 cm³/mol. The first-order chi connectivity index (χ1) is 12.3. The molecule has 0 radical (unpaired) electrons. The Labute approximate surface area is 164 Å². The Bertz CT molecular complexity index is 885. The van der Waals surface area contributed by atoms with Gasteiger partial charge in [-0.1, -0.05) is 0 Å². The maximum atomic E-state index is 12.6. The second-order valence-corrected chi connectivity index (χ2v) is 7.59. The lowest BCUT2D eigenvalue weighted by Gasteiger charge is -2.16. The molecule has 1 unspecified atom stereocenters. The summed E-state index contributed by atoms with van der Waals surface area (Å²) in [5.74, 6) is -0.0180. The number of hydrogen-bond acceptors (Lipinski definition) is 6. The Morgan fingerprint density at radius 1 is 1.37 bits per heavy atom. The first kappa shape index (κ1) is 22.7. The molecule has 2 rings (SSSR count). The average Bonchev–Trinajstić information content (AvgIpc) is 3.02. The zero-order valence-corrected chi connectivity index (χ0v) is 17.1. The van der Waals surface area contributed by atoms with E-state index in [1.165, 1.54) is 7.11 Å². The van der Waals surface area contributed by atoms with Gasteiger partial charge in [-0.25, -0.2) is 8.42 Å². The quantitative estimate of drug-likeness (QED) is 0.599. The zero-order chi connectivity index (χ0) is 19.3. The van der Waals surface area contributed by atoms with Crippen molar-refractivity contribution in [2.24, 2.45) is 7.05 Å². The molecule has 1 aromatic carbocycles. The minimum absolute atomic E-state index is 0. The number of aromatic nitrogens is 2. The highest BCUT2D eigenvalue weighted by atomic mass is 35.5. The van der Waals surface area contributed by atoms with E-state index in [0.29, 0.717) is 17.1 Å². The van der Waals surface area contributed by atoms with Crippen LogP contribution >= 0.6 is 12.4 Å². The number of benzene rings is 1. The third-order valence-corrected chi connectivity index (χ3v) is 5.01. The summed E-state index contributed by atoms with van der Waals surface area (Å²) in [6, 6.07) is 4.12. The molecule has 1 amide bonds. The Hall–Kier alpha value is -2.30. The number of halogens is 1. The lowest BCUT2D eigenvalue weighted by Crippen LogP contribution is -2.30. The number of ether oxygens (including phenoxy) is 1. The van der Waals surface area contributed by atoms with Crippen LogP contribution < -0.4 is 20.1 Å². The van der Waals surface area contributed by atoms with Gasteiger partial charge in [-0.05, 0) is 26.1 Å². The molecule has 0 fully saturated rings. The van der Waals surface area contributed by atoms with Crippen LogP contribution in [0.4, 0.5) is 11.4 Å². The first-order valence-electron chi connectivity index (χ1n) is 7.94. The molecule has 0 saturated heterocycles. The Morgan fingerprint density at radius 3 is 2.59 bits per heavy atom. The third-order valence-electron chi connectivity index (χ3n) is 3.72. The molecule has 0 bridgehead atoms. The minimum atomic E-state index is -3.43. The van der Waals surface area contributed by atoms with Gasteiger partial charge in [-0.15, -0.1) is 12.4 Å². The molecule has 150 valence electrons. The predicted octanol–water partition coefficient (Wildman–Crippen LogP) is 1.51. The molecule has 9 nitrogen and oxygen atoms in total. The van der Waals surface area contributed by atoms with E-state index in [2.05, 4.69) is 20.5 Å². The number of aryl methyl sites for hydroxylation is 1. The summed E-state index contributed by atoms with van der Waals surface area (Å²) >= 11 is 0. The fourth-order valence-corrected chi connectivity index (χ4v) is 2.99. The number of nitrogens with zero attached hydrogens (tertiary/aromatic N) is 2. The molecule has 27 heavy (non-hydrogen) atoms. The van der Waals surface area contributed by atoms with Crippen LogP contribution in [0.1, 0.15) is 18.5 Å². The van der Waals surface area contributed by atoms with E-state index in [4.69, 9.17) is 4.74 Å². The van der Waals surface area contributed by atoms with Crippen molar-refractivity contribution < 1.29 is 17.9 Å². The molecule has 0 aliphatic carbocycles. The van der Waals surface area contributed by atoms with Crippen molar-refractivity contribution in [3.8, 4) is 5.75 Å². The SMILES string of the molecule is CCS(=O)(=O)Nc1ccc(NC(=O)C(NC)c2cnn(C)c2)cc1OC.Cl. The number of methoxy groups -OCH3 is 1. The van der Waals surface area contributed by atoms with Gasteiger partial charge in [0.1, 0.15) is 11.8 Å². The van der Waals surface area contributed by atoms with Gasteiger partial charge in [0.05, 0.1) is 24.7 Å². The second-order valence-electron chi connectivity index (χ2n) is 5.58. The maximum Gasteiger partial charge on any atom is 0.246 e. The average molecular weight is 418 g/mol. The highest BCUT2D eigenvalue weighted by Crippen LogP contribution is 2.29. The standard InChI is InChI=1S/C16H23N5O4S.ClH/c1-5-26(23,24)20-13-7-6-12(8-14(13)25-4)19-16(22)15(17-2)11-9-18-21(3)10-11;/h6-10,15,17,20H,5H2,1-4H3,(H,19,22);1H. The van der Waals surface area contributed by atoms with Gasteiger partial charge < -0.3 is 15.4 Å². The first-order valence-corrected chi connectivity index (χ1v) is 9.60. The van der Waals surface area contributed by atoms with Crippen LogP contribution in [0.2, 0.25) is 0 Å². The Morgan fingerprint density at radius 2 is 2.07 bits per heavy atom. The van der Waals surface area contributed by atoms with Crippen LogP contribution in [-0.4, -0.2) is 44.0 Å². The number of likely N-dealkylation sites (N-methyl/N-ethyl adjacent to an activating group) is 1. The van der Waals surface area contributed by atoms with Crippen LogP contribution in [0.15, 0.2) is 30.6 Å². The Kier molecular flexibility index (Phi) is 8.07. The molecule has 0 aliphatic rings. The van der Waals surface area contributed by atoms with Crippen molar-refractivity contribution in [2.75, 3.05) is 29.9 Å². The van der Waals surface area contributed by atoms with Crippen molar-refractivity contribution in [2.45, 2.75) is 13.0 Å². The number of sulfonamides is 1. The van der Waals surface area contributed by atoms with Gasteiger partial charge in [0.15, 0.2) is 0 Å². The lowest BCUT2D eigenvalue weighted by atomic mass is 10.1. The summed E-state index contributed by atoms with van der Waals surface area (Å²) in [4.78, 5) is 12.6. The highest BCUT2D eigenvalue weighted by Gasteiger charge is 2.21. The number of anilines is 2. The van der Waals surface area contributed by atoms with Crippen molar-refractivity contribution in [1.29, 1.82) is 0 Å². The molecule has 1 heterocycles. The topological polar surface area (TPSA) is 114 Å². The van der Waals surface area contributed by atoms with Gasteiger partial charge in [0, 0.05) is 30.6 Å². The van der Waals surface area contributed by atoms with Crippen molar-refractivity contribution in [3.63, 3.8) is 0 Å². The van der Waals surface area contributed by atoms with Gasteiger partial charge in [-0.2, -0.15) is 5.10 Å². The summed E-state index contributed by atoms with van der Waals surface area (Å²) in [7, 11) is 1.45. The monoisotopic (exact) mass is 417 g/mol. The van der Waals surface area contributed by atoms with Crippen LogP contribution in [0, 0.1) is 0 Å². The number of hydrogen-bond donors (Lipinski definition) is 3. The third kappa shape index (κ3) is 5.84. The molecule has 3 N–H and O–H groups in total. The van der Waals surface area contributed by atoms with Crippen molar-refractivity contribution >= 4 is 39.7 Å². The fraction of sp³-hybridized carbons (Fsp3) is 0.375. The van der Waals surface area contributed by atoms with Crippen LogP contribution in [0.25, 0.3) is 0 Å². The van der Waals surface area contributed by atoms with Gasteiger partial charge in [0.25, 0.3) is 0 Å². The molecule has 11 heteroatoms. The number of amides is 1. The number of carbonyl (C=O) groups is 1. The molecule has 0 aliphatic heterocycles. The minimum Gasteiger partial charge on any atom is -0.494 e. The van der Waals surface area contributed by atoms with Gasteiger partial charge >= 0.3 is 0 Å². The summed E-state index contributed by atoms with van der Waals surface area (Å²) in [5, 5.41) is 9.79. The Balaban J connectivity index is 0.00000364. The summed E-state index contributed by atoms with van der Waals surface area (Å²) in [6.07, 6.45) is 3.37. The smallest absolute Gasteiger partial charge is 0.246 e. The fourth-order valence-electron chi connectivity index (χ4n) is 2.35. The zero-order valence-electron chi connectivity index (χ0n) is 15.5. The van der Waals surface area contributed by atoms with E-state index >= 15 is 0 Å². The van der Waals surface area contributed by atoms with Gasteiger partial charge in [-0.3, -0.25) is 14.2 Å². The van der Waals surface area contributed by atoms with E-state index < -0.39 is 16.1 Å². The van der Waals surface area contributed by atoms with Gasteiger partial charge in [0.2, 0.25) is 15.9 Å². The number of nitrogens with one attached hydrogen (secondary N) is 3. The van der Waals surface area contributed by atoms with Crippen LogP contribution in [0.5, 0.6) is 5.75 Å².